The van der Waals surface area contributed by atoms with Crippen molar-refractivity contribution in [2.24, 2.45) is 23.7 Å². The Bertz CT molecular complexity index is 1260. The summed E-state index contributed by atoms with van der Waals surface area (Å²) < 4.78 is 34.2. The van der Waals surface area contributed by atoms with Crippen LogP contribution in [0.1, 0.15) is 48.8 Å². The van der Waals surface area contributed by atoms with E-state index < -0.39 is 29.6 Å². The molecule has 0 bridgehead atoms. The van der Waals surface area contributed by atoms with Crippen molar-refractivity contribution in [3.8, 4) is 5.75 Å². The van der Waals surface area contributed by atoms with Crippen LogP contribution in [0.2, 0.25) is 0 Å². The normalized spacial score (nSPS) is 25.3. The van der Waals surface area contributed by atoms with Crippen LogP contribution in [-0.4, -0.2) is 41.4 Å². The van der Waals surface area contributed by atoms with Gasteiger partial charge in [0.15, 0.2) is 0 Å². The number of aliphatic carboxylic acids is 1. The molecule has 1 aliphatic heterocycles. The summed E-state index contributed by atoms with van der Waals surface area (Å²) in [6.07, 6.45) is 2.98. The van der Waals surface area contributed by atoms with Gasteiger partial charge in [0.2, 0.25) is 0 Å². The molecule has 1 saturated heterocycles. The van der Waals surface area contributed by atoms with Gasteiger partial charge in [-0.15, -0.1) is 0 Å². The van der Waals surface area contributed by atoms with E-state index in [9.17, 15) is 23.8 Å². The summed E-state index contributed by atoms with van der Waals surface area (Å²) in [6.45, 7) is 1.08. The summed E-state index contributed by atoms with van der Waals surface area (Å²) >= 11 is 0. The molecule has 8 heteroatoms. The third kappa shape index (κ3) is 5.05. The first-order chi connectivity index (χ1) is 17.9. The maximum Gasteiger partial charge on any atom is 0.308 e. The number of pyridine rings is 1. The number of fused-ring (bicyclic) bond motifs is 1. The maximum atomic E-state index is 14.4. The third-order valence-electron chi connectivity index (χ3n) is 8.43. The summed E-state index contributed by atoms with van der Waals surface area (Å²) in [5.74, 6) is -2.30. The van der Waals surface area contributed by atoms with Crippen molar-refractivity contribution < 1.29 is 28.5 Å². The number of hydrogen-bond donors (Lipinski definition) is 3. The number of ether oxygens (including phenoxy) is 1. The molecule has 0 radical (unpaired) electrons. The molecule has 2 fully saturated rings. The molecule has 1 aliphatic carbocycles. The SMILES string of the molecule is COc1ccc2nccc([C@H](O)C[C@H](C3CC(c4c(F)cccc4F)C3)C3CCNCC3C(=O)O)c2c1. The van der Waals surface area contributed by atoms with Gasteiger partial charge in [-0.25, -0.2) is 8.78 Å². The number of aliphatic hydroxyl groups is 1. The van der Waals surface area contributed by atoms with Gasteiger partial charge in [0, 0.05) is 23.7 Å². The number of aliphatic hydroxyl groups excluding tert-OH is 1. The van der Waals surface area contributed by atoms with Gasteiger partial charge in [0.25, 0.3) is 0 Å². The molecule has 5 rings (SSSR count). The number of nitrogens with one attached hydrogen (secondary N) is 1. The number of nitrogens with zero attached hydrogens (tertiary/aromatic N) is 1. The molecule has 2 aromatic carbocycles. The quantitative estimate of drug-likeness (QED) is 0.392. The average molecular weight is 511 g/mol. The smallest absolute Gasteiger partial charge is 0.308 e. The Morgan fingerprint density at radius 2 is 1.95 bits per heavy atom. The van der Waals surface area contributed by atoms with Crippen LogP contribution in [0.4, 0.5) is 8.78 Å². The van der Waals surface area contributed by atoms with E-state index in [1.807, 2.05) is 18.2 Å². The van der Waals surface area contributed by atoms with Gasteiger partial charge in [0.05, 0.1) is 24.6 Å². The van der Waals surface area contributed by atoms with Crippen LogP contribution in [0.25, 0.3) is 10.9 Å². The minimum absolute atomic E-state index is 0.0613. The number of carbonyl (C=O) groups is 1. The number of aromatic nitrogens is 1. The van der Waals surface area contributed by atoms with E-state index in [0.29, 0.717) is 50.1 Å². The van der Waals surface area contributed by atoms with Gasteiger partial charge in [-0.1, -0.05) is 6.07 Å². The highest BCUT2D eigenvalue weighted by Crippen LogP contribution is 2.52. The monoisotopic (exact) mass is 510 g/mol. The molecule has 1 saturated carbocycles. The standard InChI is InChI=1S/C29H32F2N2O4/c1-37-18-5-6-26-22(13-18)20(8-10-33-26)27(34)14-21(19-7-9-32-15-23(19)29(35)36)16-11-17(12-16)28-24(30)3-2-4-25(28)31/h2-6,8,10,13,16-17,19,21,23,27,32,34H,7,9,11-12,14-15H2,1H3,(H,35,36)/t16?,17?,19?,21-,23?,27-/m1/s1. The lowest BCUT2D eigenvalue weighted by atomic mass is 9.59. The van der Waals surface area contributed by atoms with Crippen LogP contribution in [0.15, 0.2) is 48.7 Å². The van der Waals surface area contributed by atoms with E-state index in [0.717, 1.165) is 10.9 Å². The predicted octanol–water partition coefficient (Wildman–Crippen LogP) is 5.07. The Balaban J connectivity index is 1.44. The van der Waals surface area contributed by atoms with Crippen LogP contribution < -0.4 is 10.1 Å². The zero-order valence-electron chi connectivity index (χ0n) is 20.7. The number of benzene rings is 2. The van der Waals surface area contributed by atoms with Crippen molar-refractivity contribution in [1.82, 2.24) is 10.3 Å². The second kappa shape index (κ2) is 10.7. The molecule has 2 unspecified atom stereocenters. The maximum absolute atomic E-state index is 14.4. The first-order valence-corrected chi connectivity index (χ1v) is 12.9. The van der Waals surface area contributed by atoms with E-state index in [-0.39, 0.29) is 29.2 Å². The van der Waals surface area contributed by atoms with Crippen LogP contribution in [-0.2, 0) is 4.79 Å². The summed E-state index contributed by atoms with van der Waals surface area (Å²) in [6, 6.07) is 11.2. The zero-order valence-corrected chi connectivity index (χ0v) is 20.7. The van der Waals surface area contributed by atoms with Gasteiger partial charge in [-0.05, 0) is 97.9 Å². The lowest BCUT2D eigenvalue weighted by Crippen LogP contribution is -2.47. The Morgan fingerprint density at radius 1 is 1.19 bits per heavy atom. The fourth-order valence-corrected chi connectivity index (χ4v) is 6.48. The highest BCUT2D eigenvalue weighted by atomic mass is 19.1. The molecule has 2 aliphatic rings. The zero-order chi connectivity index (χ0) is 26.1. The van der Waals surface area contributed by atoms with Gasteiger partial charge in [-0.2, -0.15) is 0 Å². The van der Waals surface area contributed by atoms with Crippen LogP contribution in [0.3, 0.4) is 0 Å². The Kier molecular flexibility index (Phi) is 7.40. The lowest BCUT2D eigenvalue weighted by molar-refractivity contribution is -0.146. The fraction of sp³-hybridized carbons (Fsp3) is 0.448. The molecule has 0 spiro atoms. The minimum Gasteiger partial charge on any atom is -0.497 e. The van der Waals surface area contributed by atoms with Crippen molar-refractivity contribution >= 4 is 16.9 Å². The highest BCUT2D eigenvalue weighted by molar-refractivity contribution is 5.83. The van der Waals surface area contributed by atoms with Crippen molar-refractivity contribution in [2.45, 2.75) is 37.7 Å². The highest BCUT2D eigenvalue weighted by Gasteiger charge is 2.46. The van der Waals surface area contributed by atoms with Crippen molar-refractivity contribution in [3.05, 3.63) is 71.4 Å². The number of carboxylic acid groups (broad SMARTS) is 1. The molecular weight excluding hydrogens is 478 g/mol. The topological polar surface area (TPSA) is 91.7 Å². The minimum atomic E-state index is -0.855. The fourth-order valence-electron chi connectivity index (χ4n) is 6.48. The van der Waals surface area contributed by atoms with Crippen LogP contribution in [0, 0.1) is 35.3 Å². The van der Waals surface area contributed by atoms with Gasteiger partial charge < -0.3 is 20.3 Å². The number of halogens is 2. The van der Waals surface area contributed by atoms with E-state index >= 15 is 0 Å². The molecule has 4 atom stereocenters. The average Bonchev–Trinajstić information content (AvgIpc) is 2.87. The Morgan fingerprint density at radius 3 is 2.65 bits per heavy atom. The van der Waals surface area contributed by atoms with Gasteiger partial charge in [0.1, 0.15) is 17.4 Å². The molecule has 0 amide bonds. The molecule has 3 N–H and O–H groups in total. The first kappa shape index (κ1) is 25.5. The molecule has 6 nitrogen and oxygen atoms in total. The summed E-state index contributed by atoms with van der Waals surface area (Å²) in [5.41, 5.74) is 1.56. The number of piperidine rings is 1. The number of carboxylic acids is 1. The molecule has 1 aromatic heterocycles. The molecule has 2 heterocycles. The summed E-state index contributed by atoms with van der Waals surface area (Å²) in [5, 5.41) is 25.4. The first-order valence-electron chi connectivity index (χ1n) is 12.9. The second-order valence-electron chi connectivity index (χ2n) is 10.4. The van der Waals surface area contributed by atoms with E-state index in [1.54, 1.807) is 19.4 Å². The molecule has 37 heavy (non-hydrogen) atoms. The number of hydrogen-bond acceptors (Lipinski definition) is 5. The molecular formula is C29H32F2N2O4. The second-order valence-corrected chi connectivity index (χ2v) is 10.4. The number of rotatable bonds is 8. The Hall–Kier alpha value is -3.10. The summed E-state index contributed by atoms with van der Waals surface area (Å²) in [7, 11) is 1.58. The van der Waals surface area contributed by atoms with Crippen molar-refractivity contribution in [2.75, 3.05) is 20.2 Å². The van der Waals surface area contributed by atoms with E-state index in [1.165, 1.54) is 18.2 Å². The van der Waals surface area contributed by atoms with E-state index in [4.69, 9.17) is 4.74 Å². The lowest BCUT2D eigenvalue weighted by Gasteiger charge is -2.47. The third-order valence-corrected chi connectivity index (χ3v) is 8.43. The summed E-state index contributed by atoms with van der Waals surface area (Å²) in [4.78, 5) is 16.6. The Labute approximate surface area is 214 Å². The van der Waals surface area contributed by atoms with Crippen molar-refractivity contribution in [3.63, 3.8) is 0 Å². The molecule has 196 valence electrons. The predicted molar refractivity (Wildman–Crippen MR) is 135 cm³/mol. The van der Waals surface area contributed by atoms with Crippen molar-refractivity contribution in [1.29, 1.82) is 0 Å². The largest absolute Gasteiger partial charge is 0.497 e. The van der Waals surface area contributed by atoms with Gasteiger partial charge >= 0.3 is 5.97 Å². The molecule has 3 aromatic rings. The van der Waals surface area contributed by atoms with Crippen LogP contribution in [0.5, 0.6) is 5.75 Å². The van der Waals surface area contributed by atoms with Crippen LogP contribution >= 0.6 is 0 Å². The van der Waals surface area contributed by atoms with E-state index in [2.05, 4.69) is 10.3 Å². The number of methoxy groups -OCH3 is 1. The van der Waals surface area contributed by atoms with Gasteiger partial charge in [-0.3, -0.25) is 9.78 Å².